The lowest BCUT2D eigenvalue weighted by Gasteiger charge is -2.15. The number of hydrogen-bond acceptors (Lipinski definition) is 2. The second-order valence-corrected chi connectivity index (χ2v) is 5.13. The molecule has 0 saturated heterocycles. The molecule has 80 valence electrons. The highest BCUT2D eigenvalue weighted by atomic mass is 32.2. The van der Waals surface area contributed by atoms with Crippen LogP contribution in [0.4, 0.5) is 0 Å². The Kier molecular flexibility index (Phi) is 3.87. The summed E-state index contributed by atoms with van der Waals surface area (Å²) >= 11 is 1.92. The average molecular weight is 220 g/mol. The van der Waals surface area contributed by atoms with Crippen molar-refractivity contribution in [3.05, 3.63) is 42.0 Å². The SMILES string of the molecule is OCc1ccc(SC2C=CCCC2)cc1. The highest BCUT2D eigenvalue weighted by molar-refractivity contribution is 8.00. The van der Waals surface area contributed by atoms with Crippen LogP contribution < -0.4 is 0 Å². The van der Waals surface area contributed by atoms with E-state index in [1.165, 1.54) is 24.2 Å². The molecule has 1 atom stereocenters. The summed E-state index contributed by atoms with van der Waals surface area (Å²) in [5.41, 5.74) is 0.985. The lowest BCUT2D eigenvalue weighted by Crippen LogP contribution is -2.01. The van der Waals surface area contributed by atoms with E-state index < -0.39 is 0 Å². The fraction of sp³-hybridized carbons (Fsp3) is 0.385. The van der Waals surface area contributed by atoms with Gasteiger partial charge in [-0.1, -0.05) is 24.3 Å². The molecule has 1 aliphatic rings. The third-order valence-electron chi connectivity index (χ3n) is 2.60. The van der Waals surface area contributed by atoms with Crippen molar-refractivity contribution in [3.8, 4) is 0 Å². The lowest BCUT2D eigenvalue weighted by atomic mass is 10.1. The number of rotatable bonds is 3. The van der Waals surface area contributed by atoms with E-state index in [1.807, 2.05) is 23.9 Å². The number of hydrogen-bond donors (Lipinski definition) is 1. The van der Waals surface area contributed by atoms with Gasteiger partial charge in [-0.3, -0.25) is 0 Å². The van der Waals surface area contributed by atoms with Gasteiger partial charge in [0.25, 0.3) is 0 Å². The van der Waals surface area contributed by atoms with Crippen LogP contribution >= 0.6 is 11.8 Å². The van der Waals surface area contributed by atoms with Gasteiger partial charge in [-0.25, -0.2) is 0 Å². The molecule has 1 nitrogen and oxygen atoms in total. The fourth-order valence-corrected chi connectivity index (χ4v) is 2.84. The van der Waals surface area contributed by atoms with Crippen LogP contribution in [0, 0.1) is 0 Å². The zero-order chi connectivity index (χ0) is 10.5. The first-order chi connectivity index (χ1) is 7.38. The van der Waals surface area contributed by atoms with Crippen molar-refractivity contribution >= 4 is 11.8 Å². The van der Waals surface area contributed by atoms with E-state index in [-0.39, 0.29) is 6.61 Å². The van der Waals surface area contributed by atoms with Gasteiger partial charge in [0.2, 0.25) is 0 Å². The molecule has 0 bridgehead atoms. The monoisotopic (exact) mass is 220 g/mol. The highest BCUT2D eigenvalue weighted by Crippen LogP contribution is 2.30. The van der Waals surface area contributed by atoms with E-state index in [4.69, 9.17) is 5.11 Å². The second kappa shape index (κ2) is 5.38. The summed E-state index contributed by atoms with van der Waals surface area (Å²) in [7, 11) is 0. The molecule has 15 heavy (non-hydrogen) atoms. The van der Waals surface area contributed by atoms with Crippen LogP contribution in [0.15, 0.2) is 41.3 Å². The van der Waals surface area contributed by atoms with Gasteiger partial charge in [0.05, 0.1) is 6.61 Å². The Morgan fingerprint density at radius 3 is 2.67 bits per heavy atom. The number of allylic oxidation sites excluding steroid dienone is 1. The molecule has 0 amide bonds. The van der Waals surface area contributed by atoms with Crippen LogP contribution in [0.1, 0.15) is 24.8 Å². The van der Waals surface area contributed by atoms with Crippen molar-refractivity contribution in [2.45, 2.75) is 36.0 Å². The summed E-state index contributed by atoms with van der Waals surface area (Å²) in [6.07, 6.45) is 8.42. The number of benzene rings is 1. The minimum Gasteiger partial charge on any atom is -0.392 e. The molecule has 0 heterocycles. The van der Waals surface area contributed by atoms with E-state index in [0.29, 0.717) is 5.25 Å². The van der Waals surface area contributed by atoms with E-state index in [1.54, 1.807) is 0 Å². The largest absolute Gasteiger partial charge is 0.392 e. The van der Waals surface area contributed by atoms with Crippen LogP contribution in [0.25, 0.3) is 0 Å². The van der Waals surface area contributed by atoms with Crippen molar-refractivity contribution < 1.29 is 5.11 Å². The maximum atomic E-state index is 8.93. The molecular formula is C13H16OS. The van der Waals surface area contributed by atoms with Crippen molar-refractivity contribution in [1.29, 1.82) is 0 Å². The normalized spacial score (nSPS) is 20.5. The topological polar surface area (TPSA) is 20.2 Å². The van der Waals surface area contributed by atoms with Crippen molar-refractivity contribution in [2.24, 2.45) is 0 Å². The first-order valence-electron chi connectivity index (χ1n) is 5.41. The van der Waals surface area contributed by atoms with Crippen molar-refractivity contribution in [1.82, 2.24) is 0 Å². The average Bonchev–Trinajstić information content (AvgIpc) is 2.31. The van der Waals surface area contributed by atoms with Crippen LogP contribution in [0.5, 0.6) is 0 Å². The van der Waals surface area contributed by atoms with Gasteiger partial charge >= 0.3 is 0 Å². The van der Waals surface area contributed by atoms with Gasteiger partial charge in [0.1, 0.15) is 0 Å². The number of aliphatic hydroxyl groups is 1. The molecule has 1 aliphatic carbocycles. The summed E-state index contributed by atoms with van der Waals surface area (Å²) in [6.45, 7) is 0.133. The van der Waals surface area contributed by atoms with E-state index in [9.17, 15) is 0 Å². The van der Waals surface area contributed by atoms with Crippen molar-refractivity contribution in [2.75, 3.05) is 0 Å². The molecule has 0 fully saturated rings. The molecule has 1 aromatic rings. The van der Waals surface area contributed by atoms with Crippen LogP contribution in [-0.2, 0) is 6.61 Å². The van der Waals surface area contributed by atoms with Crippen LogP contribution in [-0.4, -0.2) is 10.4 Å². The van der Waals surface area contributed by atoms with Gasteiger partial charge in [-0.15, -0.1) is 11.8 Å². The smallest absolute Gasteiger partial charge is 0.0681 e. The Labute approximate surface area is 95.2 Å². The standard InChI is InChI=1S/C13H16OS/c14-10-11-6-8-13(9-7-11)15-12-4-2-1-3-5-12/h2,4,6-9,12,14H,1,3,5,10H2. The highest BCUT2D eigenvalue weighted by Gasteiger charge is 2.09. The summed E-state index contributed by atoms with van der Waals surface area (Å²) in [6, 6.07) is 8.18. The first-order valence-corrected chi connectivity index (χ1v) is 6.29. The van der Waals surface area contributed by atoms with Gasteiger partial charge in [0.15, 0.2) is 0 Å². The summed E-state index contributed by atoms with van der Waals surface area (Å²) in [5.74, 6) is 0. The molecule has 0 aliphatic heterocycles. The van der Waals surface area contributed by atoms with Gasteiger partial charge in [0, 0.05) is 10.1 Å². The third kappa shape index (κ3) is 3.11. The molecule has 0 spiro atoms. The predicted molar refractivity (Wildman–Crippen MR) is 65.0 cm³/mol. The Bertz CT molecular complexity index is 329. The molecule has 1 aromatic carbocycles. The molecule has 0 saturated carbocycles. The van der Waals surface area contributed by atoms with E-state index in [2.05, 4.69) is 24.3 Å². The van der Waals surface area contributed by atoms with Gasteiger partial charge < -0.3 is 5.11 Å². The quantitative estimate of drug-likeness (QED) is 0.788. The Morgan fingerprint density at radius 2 is 2.07 bits per heavy atom. The Morgan fingerprint density at radius 1 is 1.27 bits per heavy atom. The van der Waals surface area contributed by atoms with Gasteiger partial charge in [-0.05, 0) is 37.0 Å². The molecule has 0 radical (unpaired) electrons. The molecular weight excluding hydrogens is 204 g/mol. The van der Waals surface area contributed by atoms with Crippen LogP contribution in [0.2, 0.25) is 0 Å². The summed E-state index contributed by atoms with van der Waals surface area (Å²) in [5, 5.41) is 9.57. The minimum atomic E-state index is 0.133. The Hall–Kier alpha value is -0.730. The summed E-state index contributed by atoms with van der Waals surface area (Å²) < 4.78 is 0. The summed E-state index contributed by atoms with van der Waals surface area (Å²) in [4.78, 5) is 1.30. The van der Waals surface area contributed by atoms with Gasteiger partial charge in [-0.2, -0.15) is 0 Å². The maximum absolute atomic E-state index is 8.93. The first kappa shape index (κ1) is 10.8. The lowest BCUT2D eigenvalue weighted by molar-refractivity contribution is 0.282. The number of aliphatic hydroxyl groups excluding tert-OH is 1. The van der Waals surface area contributed by atoms with E-state index in [0.717, 1.165) is 5.56 Å². The molecule has 1 N–H and O–H groups in total. The van der Waals surface area contributed by atoms with Crippen LogP contribution in [0.3, 0.4) is 0 Å². The minimum absolute atomic E-state index is 0.133. The fourth-order valence-electron chi connectivity index (χ4n) is 1.73. The maximum Gasteiger partial charge on any atom is 0.0681 e. The third-order valence-corrected chi connectivity index (χ3v) is 3.84. The predicted octanol–water partition coefficient (Wildman–Crippen LogP) is 3.38. The molecule has 2 rings (SSSR count). The molecule has 2 heteroatoms. The van der Waals surface area contributed by atoms with Crippen molar-refractivity contribution in [3.63, 3.8) is 0 Å². The molecule has 0 aromatic heterocycles. The van der Waals surface area contributed by atoms with E-state index >= 15 is 0 Å². The zero-order valence-corrected chi connectivity index (χ0v) is 9.54. The Balaban J connectivity index is 1.97. The number of thioether (sulfide) groups is 1. The molecule has 1 unspecified atom stereocenters. The second-order valence-electron chi connectivity index (χ2n) is 3.82. The zero-order valence-electron chi connectivity index (χ0n) is 8.73.